The van der Waals surface area contributed by atoms with Crippen LogP contribution in [-0.4, -0.2) is 18.1 Å². The molecule has 1 aromatic rings. The Morgan fingerprint density at radius 1 is 1.58 bits per heavy atom. The normalized spacial score (nSPS) is 17.4. The molecule has 4 heteroatoms. The highest BCUT2D eigenvalue weighted by Crippen LogP contribution is 2.21. The van der Waals surface area contributed by atoms with Crippen LogP contribution < -0.4 is 11.1 Å². The molecule has 0 radical (unpaired) electrons. The van der Waals surface area contributed by atoms with E-state index in [1.165, 1.54) is 0 Å². The number of pyridine rings is 1. The van der Waals surface area contributed by atoms with Crippen LogP contribution in [0.15, 0.2) is 12.3 Å². The van der Waals surface area contributed by atoms with Crippen molar-refractivity contribution >= 4 is 5.69 Å². The second-order valence-corrected chi connectivity index (χ2v) is 3.00. The van der Waals surface area contributed by atoms with E-state index in [0.717, 1.165) is 18.7 Å². The van der Waals surface area contributed by atoms with Crippen molar-refractivity contribution in [2.24, 2.45) is 0 Å². The molecule has 3 N–H and O–H groups in total. The first-order chi connectivity index (χ1) is 5.77. The highest BCUT2D eigenvalue weighted by molar-refractivity contribution is 5.40. The molecule has 2 rings (SSSR count). The second kappa shape index (κ2) is 2.71. The average Bonchev–Trinajstić information content (AvgIpc) is 1.93. The van der Waals surface area contributed by atoms with Gasteiger partial charge in [0.25, 0.3) is 0 Å². The number of nitrogen functional groups attached to an aromatic ring is 1. The summed E-state index contributed by atoms with van der Waals surface area (Å²) in [6.07, 6.45) is 1.55. The highest BCUT2D eigenvalue weighted by atomic mass is 19.1. The van der Waals surface area contributed by atoms with Crippen LogP contribution in [0.5, 0.6) is 0 Å². The quantitative estimate of drug-likeness (QED) is 0.598. The number of rotatable bonds is 1. The fraction of sp³-hybridized carbons (Fsp3) is 0.375. The number of nitrogens with one attached hydrogen (secondary N) is 1. The monoisotopic (exact) mass is 167 g/mol. The maximum absolute atomic E-state index is 12.6. The van der Waals surface area contributed by atoms with Gasteiger partial charge in [-0.15, -0.1) is 0 Å². The summed E-state index contributed by atoms with van der Waals surface area (Å²) in [6.45, 7) is 1.87. The summed E-state index contributed by atoms with van der Waals surface area (Å²) in [4.78, 5) is 3.56. The van der Waals surface area contributed by atoms with Crippen molar-refractivity contribution in [3.8, 4) is 0 Å². The highest BCUT2D eigenvalue weighted by Gasteiger charge is 2.19. The summed E-state index contributed by atoms with van der Waals surface area (Å²) in [7, 11) is 0. The summed E-state index contributed by atoms with van der Waals surface area (Å²) in [5.41, 5.74) is 6.54. The van der Waals surface area contributed by atoms with Crippen molar-refractivity contribution in [2.75, 3.05) is 18.8 Å². The van der Waals surface area contributed by atoms with Gasteiger partial charge in [0.1, 0.15) is 0 Å². The fourth-order valence-corrected chi connectivity index (χ4v) is 1.23. The van der Waals surface area contributed by atoms with E-state index in [1.54, 1.807) is 12.3 Å². The van der Waals surface area contributed by atoms with Crippen LogP contribution in [0.3, 0.4) is 0 Å². The third kappa shape index (κ3) is 1.14. The number of nitrogens with two attached hydrogens (primary N) is 1. The Labute approximate surface area is 69.8 Å². The summed E-state index contributed by atoms with van der Waals surface area (Å²) in [5.74, 6) is -0.119. The van der Waals surface area contributed by atoms with Crippen molar-refractivity contribution in [3.63, 3.8) is 0 Å². The van der Waals surface area contributed by atoms with Crippen molar-refractivity contribution in [3.05, 3.63) is 23.8 Å². The molecule has 0 amide bonds. The number of halogens is 1. The SMILES string of the molecule is Nc1cc(C2CNC2)cnc1F. The standard InChI is InChI=1S/C8H10FN3/c9-8-7(10)1-5(4-12-8)6-2-11-3-6/h1,4,6,11H,2-3,10H2. The molecule has 0 saturated carbocycles. The van der Waals surface area contributed by atoms with Crippen molar-refractivity contribution < 1.29 is 4.39 Å². The minimum atomic E-state index is -0.578. The zero-order chi connectivity index (χ0) is 8.55. The van der Waals surface area contributed by atoms with Gasteiger partial charge in [-0.05, 0) is 11.6 Å². The zero-order valence-electron chi connectivity index (χ0n) is 6.55. The lowest BCUT2D eigenvalue weighted by Gasteiger charge is -2.27. The molecule has 1 aliphatic rings. The summed E-state index contributed by atoms with van der Waals surface area (Å²) in [5, 5.41) is 3.13. The number of aromatic nitrogens is 1. The lowest BCUT2D eigenvalue weighted by molar-refractivity contribution is 0.446. The van der Waals surface area contributed by atoms with Gasteiger partial charge < -0.3 is 11.1 Å². The van der Waals surface area contributed by atoms with E-state index in [1.807, 2.05) is 0 Å². The predicted molar refractivity (Wildman–Crippen MR) is 44.2 cm³/mol. The minimum absolute atomic E-state index is 0.138. The van der Waals surface area contributed by atoms with Crippen LogP contribution in [0.2, 0.25) is 0 Å². The van der Waals surface area contributed by atoms with Crippen LogP contribution in [0, 0.1) is 5.95 Å². The molecule has 0 aromatic carbocycles. The topological polar surface area (TPSA) is 50.9 Å². The average molecular weight is 167 g/mol. The van der Waals surface area contributed by atoms with Gasteiger partial charge >= 0.3 is 0 Å². The van der Waals surface area contributed by atoms with Crippen LogP contribution in [-0.2, 0) is 0 Å². The van der Waals surface area contributed by atoms with Gasteiger partial charge in [-0.3, -0.25) is 0 Å². The Morgan fingerprint density at radius 3 is 2.83 bits per heavy atom. The molecule has 2 heterocycles. The van der Waals surface area contributed by atoms with Crippen molar-refractivity contribution in [1.29, 1.82) is 0 Å². The first kappa shape index (κ1) is 7.49. The lowest BCUT2D eigenvalue weighted by Crippen LogP contribution is -2.39. The Hall–Kier alpha value is -1.16. The van der Waals surface area contributed by atoms with E-state index in [-0.39, 0.29) is 5.69 Å². The van der Waals surface area contributed by atoms with E-state index < -0.39 is 5.95 Å². The summed E-state index contributed by atoms with van der Waals surface area (Å²) in [6, 6.07) is 1.66. The molecule has 12 heavy (non-hydrogen) atoms. The lowest BCUT2D eigenvalue weighted by atomic mass is 9.95. The third-order valence-corrected chi connectivity index (χ3v) is 2.14. The van der Waals surface area contributed by atoms with Gasteiger partial charge in [0.15, 0.2) is 0 Å². The molecule has 3 nitrogen and oxygen atoms in total. The Kier molecular flexibility index (Phi) is 1.69. The molecule has 1 aliphatic heterocycles. The fourth-order valence-electron chi connectivity index (χ4n) is 1.23. The van der Waals surface area contributed by atoms with Gasteiger partial charge in [-0.1, -0.05) is 0 Å². The Morgan fingerprint density at radius 2 is 2.33 bits per heavy atom. The van der Waals surface area contributed by atoms with Crippen molar-refractivity contribution in [1.82, 2.24) is 10.3 Å². The van der Waals surface area contributed by atoms with Crippen LogP contribution in [0.1, 0.15) is 11.5 Å². The Bertz CT molecular complexity index is 296. The van der Waals surface area contributed by atoms with E-state index in [9.17, 15) is 4.39 Å². The minimum Gasteiger partial charge on any atom is -0.395 e. The molecular formula is C8H10FN3. The molecule has 0 aliphatic carbocycles. The molecule has 0 bridgehead atoms. The van der Waals surface area contributed by atoms with Crippen LogP contribution >= 0.6 is 0 Å². The van der Waals surface area contributed by atoms with E-state index in [0.29, 0.717) is 5.92 Å². The molecular weight excluding hydrogens is 157 g/mol. The molecule has 1 aromatic heterocycles. The first-order valence-electron chi connectivity index (χ1n) is 3.89. The van der Waals surface area contributed by atoms with Gasteiger partial charge in [0, 0.05) is 25.2 Å². The van der Waals surface area contributed by atoms with Crippen LogP contribution in [0.4, 0.5) is 10.1 Å². The molecule has 64 valence electrons. The first-order valence-corrected chi connectivity index (χ1v) is 3.89. The smallest absolute Gasteiger partial charge is 0.235 e. The van der Waals surface area contributed by atoms with Gasteiger partial charge in [0.05, 0.1) is 5.69 Å². The van der Waals surface area contributed by atoms with Gasteiger partial charge in [0.2, 0.25) is 5.95 Å². The van der Waals surface area contributed by atoms with E-state index in [2.05, 4.69) is 10.3 Å². The van der Waals surface area contributed by atoms with Gasteiger partial charge in [-0.2, -0.15) is 4.39 Å². The maximum atomic E-state index is 12.6. The second-order valence-electron chi connectivity index (χ2n) is 3.00. The van der Waals surface area contributed by atoms with Crippen molar-refractivity contribution in [2.45, 2.75) is 5.92 Å². The third-order valence-electron chi connectivity index (χ3n) is 2.14. The maximum Gasteiger partial charge on any atom is 0.235 e. The molecule has 0 atom stereocenters. The molecule has 1 saturated heterocycles. The number of hydrogen-bond acceptors (Lipinski definition) is 3. The summed E-state index contributed by atoms with van der Waals surface area (Å²) >= 11 is 0. The predicted octanol–water partition coefficient (Wildman–Crippen LogP) is 0.490. The molecule has 0 unspecified atom stereocenters. The number of hydrogen-bond donors (Lipinski definition) is 2. The molecule has 1 fully saturated rings. The number of nitrogens with zero attached hydrogens (tertiary/aromatic N) is 1. The van der Waals surface area contributed by atoms with Gasteiger partial charge in [-0.25, -0.2) is 4.98 Å². The number of anilines is 1. The van der Waals surface area contributed by atoms with E-state index in [4.69, 9.17) is 5.73 Å². The van der Waals surface area contributed by atoms with E-state index >= 15 is 0 Å². The largest absolute Gasteiger partial charge is 0.395 e. The zero-order valence-corrected chi connectivity index (χ0v) is 6.55. The van der Waals surface area contributed by atoms with Crippen LogP contribution in [0.25, 0.3) is 0 Å². The molecule has 0 spiro atoms. The summed E-state index contributed by atoms with van der Waals surface area (Å²) < 4.78 is 12.6. The Balaban J connectivity index is 2.27.